The highest BCUT2D eigenvalue weighted by Gasteiger charge is 2.37. The summed E-state index contributed by atoms with van der Waals surface area (Å²) in [6.45, 7) is 4.05. The SMILES string of the molecule is CCOC(=O)[C@H](CCc1ccccc1)N[C@@H](C)C(=O)N1Cc2ccccc2C[C@H]1C(=O)OC. The Labute approximate surface area is 195 Å². The van der Waals surface area contributed by atoms with Crippen LogP contribution in [0.4, 0.5) is 0 Å². The average Bonchev–Trinajstić information content (AvgIpc) is 2.85. The van der Waals surface area contributed by atoms with Gasteiger partial charge in [0.15, 0.2) is 0 Å². The Morgan fingerprint density at radius 3 is 2.39 bits per heavy atom. The summed E-state index contributed by atoms with van der Waals surface area (Å²) in [6.07, 6.45) is 1.56. The number of nitrogens with zero attached hydrogens (tertiary/aromatic N) is 1. The molecule has 0 radical (unpaired) electrons. The number of nitrogens with one attached hydrogen (secondary N) is 1. The van der Waals surface area contributed by atoms with E-state index in [2.05, 4.69) is 5.32 Å². The Balaban J connectivity index is 1.74. The molecule has 3 rings (SSSR count). The van der Waals surface area contributed by atoms with Crippen molar-refractivity contribution in [1.29, 1.82) is 0 Å². The summed E-state index contributed by atoms with van der Waals surface area (Å²) < 4.78 is 10.2. The van der Waals surface area contributed by atoms with Gasteiger partial charge in [-0.3, -0.25) is 14.9 Å². The number of carbonyl (C=O) groups excluding carboxylic acids is 3. The zero-order valence-electron chi connectivity index (χ0n) is 19.5. The largest absolute Gasteiger partial charge is 0.467 e. The molecule has 1 aliphatic heterocycles. The van der Waals surface area contributed by atoms with Gasteiger partial charge in [-0.2, -0.15) is 0 Å². The highest BCUT2D eigenvalue weighted by Crippen LogP contribution is 2.25. The predicted molar refractivity (Wildman–Crippen MR) is 124 cm³/mol. The van der Waals surface area contributed by atoms with Crippen molar-refractivity contribution >= 4 is 17.8 Å². The zero-order valence-corrected chi connectivity index (χ0v) is 19.5. The molecule has 2 aromatic carbocycles. The van der Waals surface area contributed by atoms with Crippen LogP contribution in [0.3, 0.4) is 0 Å². The van der Waals surface area contributed by atoms with Gasteiger partial charge in [0.2, 0.25) is 5.91 Å². The molecular formula is C26H32N2O5. The van der Waals surface area contributed by atoms with Crippen LogP contribution in [0.15, 0.2) is 54.6 Å². The van der Waals surface area contributed by atoms with Crippen LogP contribution in [0, 0.1) is 0 Å². The molecule has 0 saturated heterocycles. The first-order valence-electron chi connectivity index (χ1n) is 11.4. The van der Waals surface area contributed by atoms with E-state index in [9.17, 15) is 14.4 Å². The van der Waals surface area contributed by atoms with Crippen LogP contribution in [0.5, 0.6) is 0 Å². The second-order valence-electron chi connectivity index (χ2n) is 8.20. The van der Waals surface area contributed by atoms with Crippen LogP contribution >= 0.6 is 0 Å². The van der Waals surface area contributed by atoms with Crippen molar-refractivity contribution in [3.8, 4) is 0 Å². The number of carbonyl (C=O) groups is 3. The molecule has 0 fully saturated rings. The number of aryl methyl sites for hydroxylation is 1. The maximum absolute atomic E-state index is 13.4. The molecule has 3 atom stereocenters. The van der Waals surface area contributed by atoms with Crippen molar-refractivity contribution in [1.82, 2.24) is 10.2 Å². The van der Waals surface area contributed by atoms with E-state index < -0.39 is 24.1 Å². The van der Waals surface area contributed by atoms with E-state index in [1.807, 2.05) is 54.6 Å². The molecule has 1 N–H and O–H groups in total. The lowest BCUT2D eigenvalue weighted by molar-refractivity contribution is -0.155. The molecule has 7 heteroatoms. The number of esters is 2. The van der Waals surface area contributed by atoms with E-state index in [-0.39, 0.29) is 18.5 Å². The number of ether oxygens (including phenoxy) is 2. The third-order valence-electron chi connectivity index (χ3n) is 5.96. The van der Waals surface area contributed by atoms with E-state index in [0.717, 1.165) is 16.7 Å². The lowest BCUT2D eigenvalue weighted by atomic mass is 9.93. The predicted octanol–water partition coefficient (Wildman–Crippen LogP) is 2.66. The summed E-state index contributed by atoms with van der Waals surface area (Å²) in [7, 11) is 1.33. The maximum atomic E-state index is 13.4. The number of amides is 1. The smallest absolute Gasteiger partial charge is 0.328 e. The molecule has 2 aromatic rings. The Morgan fingerprint density at radius 2 is 1.73 bits per heavy atom. The van der Waals surface area contributed by atoms with Gasteiger partial charge in [-0.05, 0) is 43.4 Å². The van der Waals surface area contributed by atoms with Gasteiger partial charge in [-0.25, -0.2) is 4.79 Å². The third kappa shape index (κ3) is 6.20. The molecule has 0 saturated carbocycles. The zero-order chi connectivity index (χ0) is 23.8. The van der Waals surface area contributed by atoms with Gasteiger partial charge in [0, 0.05) is 13.0 Å². The summed E-state index contributed by atoms with van der Waals surface area (Å²) >= 11 is 0. The van der Waals surface area contributed by atoms with Crippen LogP contribution < -0.4 is 5.32 Å². The normalized spacial score (nSPS) is 16.9. The number of fused-ring (bicyclic) bond motifs is 1. The molecule has 7 nitrogen and oxygen atoms in total. The van der Waals surface area contributed by atoms with Crippen molar-refractivity contribution in [2.75, 3.05) is 13.7 Å². The molecule has 0 aromatic heterocycles. The molecule has 0 bridgehead atoms. The van der Waals surface area contributed by atoms with Gasteiger partial charge in [0.25, 0.3) is 0 Å². The van der Waals surface area contributed by atoms with Gasteiger partial charge in [0.05, 0.1) is 19.8 Å². The fourth-order valence-electron chi connectivity index (χ4n) is 4.19. The van der Waals surface area contributed by atoms with Crippen LogP contribution in [0.1, 0.15) is 37.0 Å². The van der Waals surface area contributed by atoms with Gasteiger partial charge < -0.3 is 14.4 Å². The van der Waals surface area contributed by atoms with Gasteiger partial charge in [0.1, 0.15) is 12.1 Å². The molecule has 1 amide bonds. The first kappa shape index (κ1) is 24.5. The summed E-state index contributed by atoms with van der Waals surface area (Å²) in [6, 6.07) is 15.6. The third-order valence-corrected chi connectivity index (χ3v) is 5.96. The second-order valence-corrected chi connectivity index (χ2v) is 8.20. The quantitative estimate of drug-likeness (QED) is 0.589. The lowest BCUT2D eigenvalue weighted by Crippen LogP contribution is -2.56. The van der Waals surface area contributed by atoms with Crippen LogP contribution in [0.2, 0.25) is 0 Å². The van der Waals surface area contributed by atoms with Crippen molar-refractivity contribution in [3.63, 3.8) is 0 Å². The molecule has 1 aliphatic rings. The molecule has 0 spiro atoms. The molecular weight excluding hydrogens is 420 g/mol. The standard InChI is InChI=1S/C26H32N2O5/c1-4-33-25(30)22(15-14-19-10-6-5-7-11-19)27-18(2)24(29)28-17-21-13-9-8-12-20(21)16-23(28)26(31)32-3/h5-13,18,22-23,27H,4,14-17H2,1-3H3/t18-,22-,23-/m0/s1. The summed E-state index contributed by atoms with van der Waals surface area (Å²) in [5.74, 6) is -1.09. The minimum Gasteiger partial charge on any atom is -0.467 e. The Hall–Kier alpha value is -3.19. The van der Waals surface area contributed by atoms with Crippen molar-refractivity contribution in [2.24, 2.45) is 0 Å². The first-order valence-corrected chi connectivity index (χ1v) is 11.4. The number of rotatable bonds is 9. The average molecular weight is 453 g/mol. The number of hydrogen-bond donors (Lipinski definition) is 1. The first-order chi connectivity index (χ1) is 15.9. The monoisotopic (exact) mass is 452 g/mol. The number of hydrogen-bond acceptors (Lipinski definition) is 6. The molecule has 0 aliphatic carbocycles. The van der Waals surface area contributed by atoms with E-state index >= 15 is 0 Å². The van der Waals surface area contributed by atoms with Gasteiger partial charge in [-0.15, -0.1) is 0 Å². The summed E-state index contributed by atoms with van der Waals surface area (Å²) in [5.41, 5.74) is 3.14. The fourth-order valence-corrected chi connectivity index (χ4v) is 4.19. The molecule has 0 unspecified atom stereocenters. The van der Waals surface area contributed by atoms with Gasteiger partial charge in [-0.1, -0.05) is 54.6 Å². The minimum absolute atomic E-state index is 0.256. The highest BCUT2D eigenvalue weighted by atomic mass is 16.5. The lowest BCUT2D eigenvalue weighted by Gasteiger charge is -2.37. The molecule has 176 valence electrons. The number of benzene rings is 2. The minimum atomic E-state index is -0.702. The van der Waals surface area contributed by atoms with Crippen LogP contribution in [0.25, 0.3) is 0 Å². The van der Waals surface area contributed by atoms with E-state index in [1.165, 1.54) is 7.11 Å². The van der Waals surface area contributed by atoms with Crippen LogP contribution in [-0.2, 0) is 43.2 Å². The fraction of sp³-hybridized carbons (Fsp3) is 0.423. The van der Waals surface area contributed by atoms with Crippen molar-refractivity contribution < 1.29 is 23.9 Å². The van der Waals surface area contributed by atoms with Gasteiger partial charge >= 0.3 is 11.9 Å². The van der Waals surface area contributed by atoms with E-state index in [0.29, 0.717) is 25.8 Å². The molecule has 1 heterocycles. The van der Waals surface area contributed by atoms with Crippen molar-refractivity contribution in [2.45, 2.75) is 57.8 Å². The molecule has 33 heavy (non-hydrogen) atoms. The summed E-state index contributed by atoms with van der Waals surface area (Å²) in [5, 5.41) is 3.15. The Bertz CT molecular complexity index is 962. The highest BCUT2D eigenvalue weighted by molar-refractivity contribution is 5.88. The van der Waals surface area contributed by atoms with Crippen molar-refractivity contribution in [3.05, 3.63) is 71.3 Å². The topological polar surface area (TPSA) is 84.9 Å². The Kier molecular flexibility index (Phi) is 8.60. The number of methoxy groups -OCH3 is 1. The van der Waals surface area contributed by atoms with E-state index in [4.69, 9.17) is 9.47 Å². The maximum Gasteiger partial charge on any atom is 0.328 e. The van der Waals surface area contributed by atoms with Crippen LogP contribution in [-0.4, -0.2) is 54.6 Å². The second kappa shape index (κ2) is 11.6. The van der Waals surface area contributed by atoms with E-state index in [1.54, 1.807) is 18.7 Å². The Morgan fingerprint density at radius 1 is 1.06 bits per heavy atom. The summed E-state index contributed by atoms with van der Waals surface area (Å²) in [4.78, 5) is 40.1.